The van der Waals surface area contributed by atoms with Crippen molar-refractivity contribution in [2.24, 2.45) is 0 Å². The fourth-order valence-corrected chi connectivity index (χ4v) is 2.83. The molecule has 3 heterocycles. The minimum absolute atomic E-state index is 0.176. The van der Waals surface area contributed by atoms with Gasteiger partial charge in [0.2, 0.25) is 5.76 Å². The molecule has 2 aromatic rings. The van der Waals surface area contributed by atoms with Crippen molar-refractivity contribution in [2.45, 2.75) is 19.5 Å². The highest BCUT2D eigenvalue weighted by Crippen LogP contribution is 2.24. The summed E-state index contributed by atoms with van der Waals surface area (Å²) in [6.07, 6.45) is 4.57. The monoisotopic (exact) mass is 316 g/mol. The molecule has 0 spiro atoms. The molecule has 0 saturated heterocycles. The lowest BCUT2D eigenvalue weighted by molar-refractivity contribution is 0.0691. The largest absolute Gasteiger partial charge is 0.479 e. The molecule has 0 aromatic carbocycles. The van der Waals surface area contributed by atoms with Gasteiger partial charge in [-0.15, -0.1) is 0 Å². The van der Waals surface area contributed by atoms with E-state index in [0.717, 1.165) is 18.5 Å². The van der Waals surface area contributed by atoms with Crippen LogP contribution in [0.2, 0.25) is 0 Å². The predicted molar refractivity (Wildman–Crippen MR) is 83.1 cm³/mol. The van der Waals surface area contributed by atoms with Crippen LogP contribution in [0.5, 0.6) is 5.88 Å². The summed E-state index contributed by atoms with van der Waals surface area (Å²) in [6, 6.07) is 1.51. The van der Waals surface area contributed by atoms with Crippen LogP contribution in [-0.2, 0) is 19.5 Å². The summed E-state index contributed by atoms with van der Waals surface area (Å²) >= 11 is 0. The van der Waals surface area contributed by atoms with Crippen LogP contribution >= 0.6 is 0 Å². The third-order valence-corrected chi connectivity index (χ3v) is 3.91. The molecule has 0 bridgehead atoms. The zero-order valence-corrected chi connectivity index (χ0v) is 13.6. The van der Waals surface area contributed by atoms with Crippen molar-refractivity contribution in [1.82, 2.24) is 19.9 Å². The van der Waals surface area contributed by atoms with E-state index in [9.17, 15) is 4.79 Å². The van der Waals surface area contributed by atoms with Crippen LogP contribution in [0.25, 0.3) is 0 Å². The van der Waals surface area contributed by atoms with Gasteiger partial charge < -0.3 is 19.1 Å². The van der Waals surface area contributed by atoms with Crippen LogP contribution in [0.1, 0.15) is 27.2 Å². The maximum Gasteiger partial charge on any atom is 0.292 e. The molecular formula is C16H20N4O3. The van der Waals surface area contributed by atoms with E-state index in [0.29, 0.717) is 19.0 Å². The fourth-order valence-electron chi connectivity index (χ4n) is 2.83. The summed E-state index contributed by atoms with van der Waals surface area (Å²) in [5.74, 6) is 0.327. The Morgan fingerprint density at radius 2 is 2.26 bits per heavy atom. The highest BCUT2D eigenvalue weighted by Gasteiger charge is 2.26. The molecule has 0 atom stereocenters. The molecule has 1 aliphatic rings. The molecule has 7 heteroatoms. The van der Waals surface area contributed by atoms with Gasteiger partial charge in [-0.3, -0.25) is 9.78 Å². The lowest BCUT2D eigenvalue weighted by Gasteiger charge is -2.29. The second-order valence-corrected chi connectivity index (χ2v) is 5.88. The Balaban J connectivity index is 1.79. The molecule has 0 N–H and O–H groups in total. The maximum absolute atomic E-state index is 12.5. The Morgan fingerprint density at radius 1 is 1.43 bits per heavy atom. The van der Waals surface area contributed by atoms with Gasteiger partial charge in [0.25, 0.3) is 11.8 Å². The minimum atomic E-state index is -0.176. The third-order valence-electron chi connectivity index (χ3n) is 3.91. The van der Waals surface area contributed by atoms with Crippen molar-refractivity contribution in [1.29, 1.82) is 0 Å². The molecule has 0 saturated carbocycles. The number of hydrogen-bond donors (Lipinski definition) is 0. The Bertz CT molecular complexity index is 711. The molecule has 0 aliphatic carbocycles. The zero-order chi connectivity index (χ0) is 16.4. The third kappa shape index (κ3) is 3.19. The molecule has 0 fully saturated rings. The number of aromatic nitrogens is 2. The number of hydrogen-bond acceptors (Lipinski definition) is 6. The first-order valence-electron chi connectivity index (χ1n) is 7.48. The van der Waals surface area contributed by atoms with E-state index < -0.39 is 0 Å². The number of fused-ring (bicyclic) bond motifs is 1. The lowest BCUT2D eigenvalue weighted by atomic mass is 9.96. The molecular weight excluding hydrogens is 296 g/mol. The van der Waals surface area contributed by atoms with Crippen LogP contribution in [0.3, 0.4) is 0 Å². The van der Waals surface area contributed by atoms with Crippen molar-refractivity contribution in [3.8, 4) is 5.88 Å². The first kappa shape index (κ1) is 15.5. The van der Waals surface area contributed by atoms with E-state index in [4.69, 9.17) is 9.26 Å². The molecule has 1 amide bonds. The number of ether oxygens (including phenoxy) is 1. The molecule has 2 aromatic heterocycles. The first-order valence-corrected chi connectivity index (χ1v) is 7.48. The van der Waals surface area contributed by atoms with E-state index in [2.05, 4.69) is 15.0 Å². The molecule has 1 aliphatic heterocycles. The van der Waals surface area contributed by atoms with Gasteiger partial charge in [-0.2, -0.15) is 0 Å². The van der Waals surface area contributed by atoms with Crippen LogP contribution in [-0.4, -0.2) is 53.6 Å². The molecule has 3 rings (SSSR count). The minimum Gasteiger partial charge on any atom is -0.479 e. The summed E-state index contributed by atoms with van der Waals surface area (Å²) in [7, 11) is 5.56. The smallest absolute Gasteiger partial charge is 0.292 e. The standard InChI is InChI=1S/C16H20N4O3/c1-19(2)9-11-7-17-8-12-10-20(5-4-13(11)12)16(21)14-6-15(22-3)18-23-14/h6-8H,4-5,9-10H2,1-3H3. The van der Waals surface area contributed by atoms with Gasteiger partial charge in [-0.25, -0.2) is 0 Å². The number of carbonyl (C=O) groups is 1. The van der Waals surface area contributed by atoms with Gasteiger partial charge >= 0.3 is 0 Å². The Morgan fingerprint density at radius 3 is 2.96 bits per heavy atom. The summed E-state index contributed by atoms with van der Waals surface area (Å²) in [4.78, 5) is 20.7. The predicted octanol–water partition coefficient (Wildman–Crippen LogP) is 1.34. The number of nitrogens with zero attached hydrogens (tertiary/aromatic N) is 4. The second-order valence-electron chi connectivity index (χ2n) is 5.88. The molecule has 122 valence electrons. The second kappa shape index (κ2) is 6.37. The quantitative estimate of drug-likeness (QED) is 0.847. The summed E-state index contributed by atoms with van der Waals surface area (Å²) in [5, 5.41) is 3.68. The van der Waals surface area contributed by atoms with Crippen molar-refractivity contribution in [3.63, 3.8) is 0 Å². The van der Waals surface area contributed by atoms with Crippen molar-refractivity contribution in [2.75, 3.05) is 27.7 Å². The van der Waals surface area contributed by atoms with Crippen molar-refractivity contribution < 1.29 is 14.1 Å². The normalized spacial score (nSPS) is 14.0. The average molecular weight is 316 g/mol. The Hall–Kier alpha value is -2.41. The summed E-state index contributed by atoms with van der Waals surface area (Å²) in [5.41, 5.74) is 3.62. The highest BCUT2D eigenvalue weighted by atomic mass is 16.5. The van der Waals surface area contributed by atoms with Gasteiger partial charge in [0.15, 0.2) is 0 Å². The Kier molecular flexibility index (Phi) is 4.29. The maximum atomic E-state index is 12.5. The Labute approximate surface area is 134 Å². The van der Waals surface area contributed by atoms with Crippen molar-refractivity contribution in [3.05, 3.63) is 40.9 Å². The van der Waals surface area contributed by atoms with Crippen molar-refractivity contribution >= 4 is 5.91 Å². The van der Waals surface area contributed by atoms with Crippen LogP contribution in [0.4, 0.5) is 0 Å². The van der Waals surface area contributed by atoms with Gasteiger partial charge in [0.1, 0.15) is 0 Å². The topological polar surface area (TPSA) is 71.7 Å². The summed E-state index contributed by atoms with van der Waals surface area (Å²) in [6.45, 7) is 2.04. The highest BCUT2D eigenvalue weighted by molar-refractivity contribution is 5.91. The molecule has 23 heavy (non-hydrogen) atoms. The first-order chi connectivity index (χ1) is 11.1. The number of pyridine rings is 1. The number of carbonyl (C=O) groups excluding carboxylic acids is 1. The van der Waals surface area contributed by atoms with E-state index in [1.165, 1.54) is 24.3 Å². The number of amides is 1. The number of rotatable bonds is 4. The van der Waals surface area contributed by atoms with Gasteiger partial charge in [0, 0.05) is 32.0 Å². The van der Waals surface area contributed by atoms with Crippen LogP contribution < -0.4 is 4.74 Å². The van der Waals surface area contributed by atoms with E-state index in [1.54, 1.807) is 4.90 Å². The molecule has 0 unspecified atom stereocenters. The van der Waals surface area contributed by atoms with Gasteiger partial charge in [0.05, 0.1) is 13.2 Å². The van der Waals surface area contributed by atoms with E-state index in [-0.39, 0.29) is 11.7 Å². The van der Waals surface area contributed by atoms with Crippen LogP contribution in [0.15, 0.2) is 23.0 Å². The van der Waals surface area contributed by atoms with Gasteiger partial charge in [-0.05, 0) is 42.4 Å². The van der Waals surface area contributed by atoms with Gasteiger partial charge in [-0.1, -0.05) is 0 Å². The zero-order valence-electron chi connectivity index (χ0n) is 13.6. The average Bonchev–Trinajstić information content (AvgIpc) is 3.02. The summed E-state index contributed by atoms with van der Waals surface area (Å²) < 4.78 is 10.00. The molecule has 0 radical (unpaired) electrons. The van der Waals surface area contributed by atoms with E-state index in [1.807, 2.05) is 26.5 Å². The molecule has 7 nitrogen and oxygen atoms in total. The van der Waals surface area contributed by atoms with Crippen LogP contribution in [0, 0.1) is 0 Å². The number of methoxy groups -OCH3 is 1. The lowest BCUT2D eigenvalue weighted by Crippen LogP contribution is -2.36. The van der Waals surface area contributed by atoms with E-state index >= 15 is 0 Å². The fraction of sp³-hybridized carbons (Fsp3) is 0.438. The SMILES string of the molecule is COc1cc(C(=O)N2CCc3c(CN(C)C)cncc3C2)on1.